The first-order chi connectivity index (χ1) is 11.0. The summed E-state index contributed by atoms with van der Waals surface area (Å²) in [5.74, 6) is -1.44. The van der Waals surface area contributed by atoms with Crippen molar-refractivity contribution in [1.29, 1.82) is 0 Å². The van der Waals surface area contributed by atoms with Crippen LogP contribution in [0.2, 0.25) is 0 Å². The number of ketones is 1. The number of pyridine rings is 1. The van der Waals surface area contributed by atoms with Crippen LogP contribution >= 0.6 is 0 Å². The maximum absolute atomic E-state index is 12.3. The maximum Gasteiger partial charge on any atom is 0.341 e. The summed E-state index contributed by atoms with van der Waals surface area (Å²) in [5, 5.41) is 0.920. The normalized spacial score (nSPS) is 10.2. The minimum Gasteiger partial charge on any atom is -0.462 e. The summed E-state index contributed by atoms with van der Waals surface area (Å²) in [5.41, 5.74) is 0.114. The summed E-state index contributed by atoms with van der Waals surface area (Å²) < 4.78 is 4.97. The van der Waals surface area contributed by atoms with Gasteiger partial charge in [0, 0.05) is 6.20 Å². The molecule has 0 saturated heterocycles. The number of hydroxylamine groups is 1. The topological polar surface area (TPSA) is 85.8 Å². The first-order valence-electron chi connectivity index (χ1n) is 7.58. The number of unbranched alkanes of at least 4 members (excludes halogenated alkanes) is 1. The van der Waals surface area contributed by atoms with E-state index in [1.807, 2.05) is 6.92 Å². The van der Waals surface area contributed by atoms with Crippen LogP contribution in [0.3, 0.4) is 0 Å². The van der Waals surface area contributed by atoms with Gasteiger partial charge in [-0.05, 0) is 32.4 Å². The Balaban J connectivity index is 3.12. The molecule has 1 heterocycles. The van der Waals surface area contributed by atoms with Crippen molar-refractivity contribution >= 4 is 23.5 Å². The Labute approximate surface area is 135 Å². The van der Waals surface area contributed by atoms with E-state index in [1.165, 1.54) is 19.2 Å². The van der Waals surface area contributed by atoms with Gasteiger partial charge in [0.05, 0.1) is 19.6 Å². The summed E-state index contributed by atoms with van der Waals surface area (Å²) in [6.07, 6.45) is 2.72. The van der Waals surface area contributed by atoms with Crippen molar-refractivity contribution in [3.8, 4) is 0 Å². The Kier molecular flexibility index (Phi) is 7.90. The number of anilines is 1. The Hall–Kier alpha value is -2.28. The second-order valence-electron chi connectivity index (χ2n) is 4.85. The molecule has 23 heavy (non-hydrogen) atoms. The molecule has 7 nitrogen and oxygen atoms in total. The number of esters is 1. The SMILES string of the molecule is CCCCON(C(=O)CC(C)=O)c1ncccc1C(=O)OCC. The van der Waals surface area contributed by atoms with Gasteiger partial charge in [-0.1, -0.05) is 13.3 Å². The highest BCUT2D eigenvalue weighted by molar-refractivity contribution is 6.06. The van der Waals surface area contributed by atoms with Crippen molar-refractivity contribution in [3.63, 3.8) is 0 Å². The van der Waals surface area contributed by atoms with Gasteiger partial charge in [-0.2, -0.15) is 5.06 Å². The second kappa shape index (κ2) is 9.68. The summed E-state index contributed by atoms with van der Waals surface area (Å²) in [6, 6.07) is 3.06. The molecule has 0 unspecified atom stereocenters. The molecule has 0 N–H and O–H groups in total. The Morgan fingerprint density at radius 3 is 2.61 bits per heavy atom. The van der Waals surface area contributed by atoms with E-state index in [9.17, 15) is 14.4 Å². The number of hydrogen-bond acceptors (Lipinski definition) is 6. The molecule has 0 aliphatic heterocycles. The van der Waals surface area contributed by atoms with E-state index in [0.29, 0.717) is 0 Å². The van der Waals surface area contributed by atoms with E-state index in [0.717, 1.165) is 17.9 Å². The van der Waals surface area contributed by atoms with Gasteiger partial charge in [0.2, 0.25) is 0 Å². The molecule has 1 amide bonds. The summed E-state index contributed by atoms with van der Waals surface area (Å²) in [6.45, 7) is 5.46. The maximum atomic E-state index is 12.3. The lowest BCUT2D eigenvalue weighted by Crippen LogP contribution is -2.34. The lowest BCUT2D eigenvalue weighted by molar-refractivity contribution is -0.130. The zero-order valence-corrected chi connectivity index (χ0v) is 13.7. The zero-order chi connectivity index (χ0) is 17.2. The van der Waals surface area contributed by atoms with Gasteiger partial charge in [-0.3, -0.25) is 14.4 Å². The number of rotatable bonds is 9. The molecular formula is C16H22N2O5. The van der Waals surface area contributed by atoms with Crippen molar-refractivity contribution in [2.24, 2.45) is 0 Å². The van der Waals surface area contributed by atoms with Crippen LogP contribution < -0.4 is 5.06 Å². The first kappa shape index (κ1) is 18.8. The molecule has 0 aliphatic carbocycles. The number of ether oxygens (including phenoxy) is 1. The first-order valence-corrected chi connectivity index (χ1v) is 7.58. The van der Waals surface area contributed by atoms with Crippen molar-refractivity contribution in [1.82, 2.24) is 4.98 Å². The molecule has 0 atom stereocenters. The average molecular weight is 322 g/mol. The molecule has 1 aromatic heterocycles. The van der Waals surface area contributed by atoms with Gasteiger partial charge in [-0.15, -0.1) is 0 Å². The summed E-state index contributed by atoms with van der Waals surface area (Å²) in [7, 11) is 0. The predicted octanol–water partition coefficient (Wildman–Crippen LogP) is 2.30. The Morgan fingerprint density at radius 2 is 2.00 bits per heavy atom. The Morgan fingerprint density at radius 1 is 1.26 bits per heavy atom. The van der Waals surface area contributed by atoms with Crippen molar-refractivity contribution in [3.05, 3.63) is 23.9 Å². The van der Waals surface area contributed by atoms with E-state index in [4.69, 9.17) is 9.57 Å². The predicted molar refractivity (Wildman–Crippen MR) is 83.8 cm³/mol. The van der Waals surface area contributed by atoms with Crippen LogP contribution in [0.5, 0.6) is 0 Å². The largest absolute Gasteiger partial charge is 0.462 e. The van der Waals surface area contributed by atoms with Crippen LogP contribution in [-0.2, 0) is 19.2 Å². The van der Waals surface area contributed by atoms with Crippen molar-refractivity contribution in [2.75, 3.05) is 18.3 Å². The number of carbonyl (C=O) groups is 3. The highest BCUT2D eigenvalue weighted by Crippen LogP contribution is 2.20. The van der Waals surface area contributed by atoms with Crippen LogP contribution in [-0.4, -0.2) is 35.9 Å². The number of aromatic nitrogens is 1. The molecule has 1 aromatic rings. The Bertz CT molecular complexity index is 559. The van der Waals surface area contributed by atoms with Gasteiger partial charge >= 0.3 is 5.97 Å². The average Bonchev–Trinajstić information content (AvgIpc) is 2.51. The van der Waals surface area contributed by atoms with Gasteiger partial charge in [0.15, 0.2) is 5.82 Å². The fourth-order valence-electron chi connectivity index (χ4n) is 1.76. The number of nitrogens with zero attached hydrogens (tertiary/aromatic N) is 2. The van der Waals surface area contributed by atoms with Crippen LogP contribution in [0.25, 0.3) is 0 Å². The van der Waals surface area contributed by atoms with Gasteiger partial charge in [0.25, 0.3) is 5.91 Å². The standard InChI is InChI=1S/C16H22N2O5/c1-4-6-10-23-18(14(20)11-12(3)19)15-13(8-7-9-17-15)16(21)22-5-2/h7-9H,4-6,10-11H2,1-3H3. The van der Waals surface area contributed by atoms with E-state index in [-0.39, 0.29) is 36.8 Å². The molecular weight excluding hydrogens is 300 g/mol. The van der Waals surface area contributed by atoms with Crippen LogP contribution in [0.15, 0.2) is 18.3 Å². The lowest BCUT2D eigenvalue weighted by Gasteiger charge is -2.22. The molecule has 0 saturated carbocycles. The van der Waals surface area contributed by atoms with E-state index < -0.39 is 11.9 Å². The third-order valence-corrected chi connectivity index (χ3v) is 2.82. The van der Waals surface area contributed by atoms with E-state index >= 15 is 0 Å². The van der Waals surface area contributed by atoms with Gasteiger partial charge in [-0.25, -0.2) is 9.78 Å². The quantitative estimate of drug-likeness (QED) is 0.300. The number of hydrogen-bond donors (Lipinski definition) is 0. The minimum absolute atomic E-state index is 0.0355. The number of Topliss-reactive ketones (excluding diaryl/α,β-unsaturated/α-hetero) is 1. The highest BCUT2D eigenvalue weighted by Gasteiger charge is 2.25. The molecule has 0 spiro atoms. The molecule has 1 rings (SSSR count). The van der Waals surface area contributed by atoms with E-state index in [2.05, 4.69) is 4.98 Å². The van der Waals surface area contributed by atoms with Gasteiger partial charge < -0.3 is 4.74 Å². The summed E-state index contributed by atoms with van der Waals surface area (Å²) in [4.78, 5) is 45.0. The number of carbonyl (C=O) groups excluding carboxylic acids is 3. The van der Waals surface area contributed by atoms with Crippen molar-refractivity contribution < 1.29 is 24.0 Å². The van der Waals surface area contributed by atoms with Gasteiger partial charge in [0.1, 0.15) is 11.3 Å². The third kappa shape index (κ3) is 5.78. The lowest BCUT2D eigenvalue weighted by atomic mass is 10.2. The monoisotopic (exact) mass is 322 g/mol. The summed E-state index contributed by atoms with van der Waals surface area (Å²) >= 11 is 0. The minimum atomic E-state index is -0.602. The van der Waals surface area contributed by atoms with Crippen LogP contribution in [0, 0.1) is 0 Å². The zero-order valence-electron chi connectivity index (χ0n) is 13.7. The fourth-order valence-corrected chi connectivity index (χ4v) is 1.76. The van der Waals surface area contributed by atoms with Crippen LogP contribution in [0.4, 0.5) is 5.82 Å². The molecule has 0 fully saturated rings. The van der Waals surface area contributed by atoms with Crippen LogP contribution in [0.1, 0.15) is 50.4 Å². The number of amides is 1. The molecule has 0 radical (unpaired) electrons. The molecule has 126 valence electrons. The second-order valence-corrected chi connectivity index (χ2v) is 4.85. The fraction of sp³-hybridized carbons (Fsp3) is 0.500. The molecule has 7 heteroatoms. The highest BCUT2D eigenvalue weighted by atomic mass is 16.7. The smallest absolute Gasteiger partial charge is 0.341 e. The molecule has 0 bridgehead atoms. The van der Waals surface area contributed by atoms with E-state index in [1.54, 1.807) is 13.0 Å². The third-order valence-electron chi connectivity index (χ3n) is 2.82. The van der Waals surface area contributed by atoms with Crippen molar-refractivity contribution in [2.45, 2.75) is 40.0 Å². The molecule has 0 aromatic carbocycles. The molecule has 0 aliphatic rings.